The third kappa shape index (κ3) is 5.37. The molecule has 0 saturated heterocycles. The smallest absolute Gasteiger partial charge is 0.194 e. The van der Waals surface area contributed by atoms with Crippen LogP contribution in [0, 0.1) is 0 Å². The highest BCUT2D eigenvalue weighted by atomic mass is 32.2. The quantitative estimate of drug-likeness (QED) is 0.632. The Kier molecular flexibility index (Phi) is 6.85. The van der Waals surface area contributed by atoms with Crippen molar-refractivity contribution in [1.29, 1.82) is 0 Å². The van der Waals surface area contributed by atoms with Crippen LogP contribution in [0.15, 0.2) is 41.4 Å². The summed E-state index contributed by atoms with van der Waals surface area (Å²) < 4.78 is 23.2. The molecule has 0 bridgehead atoms. The van der Waals surface area contributed by atoms with E-state index in [0.29, 0.717) is 6.54 Å². The van der Waals surface area contributed by atoms with E-state index in [1.807, 2.05) is 13.0 Å². The summed E-state index contributed by atoms with van der Waals surface area (Å²) in [6.07, 6.45) is 3.19. The van der Waals surface area contributed by atoms with Crippen LogP contribution in [0.4, 0.5) is 0 Å². The molecule has 1 heterocycles. The predicted molar refractivity (Wildman–Crippen MR) is 101 cm³/mol. The lowest BCUT2D eigenvalue weighted by Gasteiger charge is -2.29. The fourth-order valence-corrected chi connectivity index (χ4v) is 3.29. The maximum Gasteiger partial charge on any atom is 0.194 e. The SMILES string of the molecule is CCNC(=NCCS(=O)(=O)CC)N1CC=C(c2ccccc2)CC1. The second kappa shape index (κ2) is 8.87. The first kappa shape index (κ1) is 18.5. The molecule has 24 heavy (non-hydrogen) atoms. The molecule has 6 heteroatoms. The van der Waals surface area contributed by atoms with Gasteiger partial charge in [0, 0.05) is 25.4 Å². The molecule has 1 aliphatic heterocycles. The highest BCUT2D eigenvalue weighted by Gasteiger charge is 2.16. The molecule has 0 aromatic heterocycles. The zero-order valence-electron chi connectivity index (χ0n) is 14.5. The van der Waals surface area contributed by atoms with E-state index in [2.05, 4.69) is 45.6 Å². The highest BCUT2D eigenvalue weighted by molar-refractivity contribution is 7.91. The fraction of sp³-hybridized carbons (Fsp3) is 0.500. The normalized spacial score (nSPS) is 16.0. The minimum atomic E-state index is -2.97. The van der Waals surface area contributed by atoms with Crippen molar-refractivity contribution in [2.75, 3.05) is 37.7 Å². The van der Waals surface area contributed by atoms with Crippen molar-refractivity contribution in [3.05, 3.63) is 42.0 Å². The number of hydrogen-bond donors (Lipinski definition) is 1. The molecule has 1 aromatic rings. The van der Waals surface area contributed by atoms with Gasteiger partial charge >= 0.3 is 0 Å². The Labute approximate surface area is 145 Å². The molecule has 0 fully saturated rings. The van der Waals surface area contributed by atoms with E-state index in [-0.39, 0.29) is 11.5 Å². The van der Waals surface area contributed by atoms with Crippen LogP contribution in [-0.2, 0) is 9.84 Å². The third-order valence-electron chi connectivity index (χ3n) is 4.09. The van der Waals surface area contributed by atoms with Crippen LogP contribution in [0.3, 0.4) is 0 Å². The van der Waals surface area contributed by atoms with Gasteiger partial charge in [-0.15, -0.1) is 0 Å². The standard InChI is InChI=1S/C18H27N3O2S/c1-3-19-18(20-12-15-24(22,23)4-2)21-13-10-17(11-14-21)16-8-6-5-7-9-16/h5-10H,3-4,11-15H2,1-2H3,(H,19,20). The lowest BCUT2D eigenvalue weighted by atomic mass is 10.00. The Balaban J connectivity index is 2.01. The number of aliphatic imine (C=N–C) groups is 1. The van der Waals surface area contributed by atoms with Gasteiger partial charge < -0.3 is 10.2 Å². The van der Waals surface area contributed by atoms with Gasteiger partial charge in [-0.3, -0.25) is 4.99 Å². The molecule has 0 radical (unpaired) electrons. The first-order valence-corrected chi connectivity index (χ1v) is 10.4. The van der Waals surface area contributed by atoms with Crippen LogP contribution in [-0.4, -0.2) is 57.0 Å². The van der Waals surface area contributed by atoms with E-state index in [9.17, 15) is 8.42 Å². The monoisotopic (exact) mass is 349 g/mol. The van der Waals surface area contributed by atoms with Crippen molar-refractivity contribution in [3.63, 3.8) is 0 Å². The molecule has 5 nitrogen and oxygen atoms in total. The molecule has 0 unspecified atom stereocenters. The third-order valence-corrected chi connectivity index (χ3v) is 5.78. The minimum absolute atomic E-state index is 0.108. The summed E-state index contributed by atoms with van der Waals surface area (Å²) in [6.45, 7) is 6.44. The summed E-state index contributed by atoms with van der Waals surface area (Å²) >= 11 is 0. The maximum absolute atomic E-state index is 11.6. The second-order valence-corrected chi connectivity index (χ2v) is 8.24. The van der Waals surface area contributed by atoms with E-state index < -0.39 is 9.84 Å². The fourth-order valence-electron chi connectivity index (χ4n) is 2.64. The van der Waals surface area contributed by atoms with Crippen molar-refractivity contribution < 1.29 is 8.42 Å². The average Bonchev–Trinajstić information content (AvgIpc) is 2.62. The highest BCUT2D eigenvalue weighted by Crippen LogP contribution is 2.21. The van der Waals surface area contributed by atoms with Crippen LogP contribution in [0.1, 0.15) is 25.8 Å². The largest absolute Gasteiger partial charge is 0.357 e. The van der Waals surface area contributed by atoms with Gasteiger partial charge in [-0.2, -0.15) is 0 Å². The molecule has 0 spiro atoms. The van der Waals surface area contributed by atoms with Crippen molar-refractivity contribution in [2.45, 2.75) is 20.3 Å². The van der Waals surface area contributed by atoms with E-state index in [1.165, 1.54) is 11.1 Å². The summed E-state index contributed by atoms with van der Waals surface area (Å²) in [7, 11) is -2.97. The topological polar surface area (TPSA) is 61.8 Å². The molecule has 132 valence electrons. The minimum Gasteiger partial charge on any atom is -0.357 e. The summed E-state index contributed by atoms with van der Waals surface area (Å²) in [5, 5.41) is 3.26. The number of guanidine groups is 1. The van der Waals surface area contributed by atoms with Gasteiger partial charge in [0.05, 0.1) is 12.3 Å². The molecule has 2 rings (SSSR count). The number of benzene rings is 1. The van der Waals surface area contributed by atoms with E-state index >= 15 is 0 Å². The van der Waals surface area contributed by atoms with Crippen LogP contribution in [0.2, 0.25) is 0 Å². The van der Waals surface area contributed by atoms with Crippen LogP contribution in [0.25, 0.3) is 5.57 Å². The average molecular weight is 350 g/mol. The Hall–Kier alpha value is -1.82. The van der Waals surface area contributed by atoms with E-state index in [4.69, 9.17) is 0 Å². The molecule has 0 amide bonds. The van der Waals surface area contributed by atoms with Gasteiger partial charge in [0.15, 0.2) is 15.8 Å². The van der Waals surface area contributed by atoms with Gasteiger partial charge in [0.25, 0.3) is 0 Å². The molecular weight excluding hydrogens is 322 g/mol. The second-order valence-electron chi connectivity index (χ2n) is 5.76. The van der Waals surface area contributed by atoms with Crippen LogP contribution in [0.5, 0.6) is 0 Å². The summed E-state index contributed by atoms with van der Waals surface area (Å²) in [4.78, 5) is 6.67. The first-order chi connectivity index (χ1) is 11.6. The number of nitrogens with one attached hydrogen (secondary N) is 1. The first-order valence-electron chi connectivity index (χ1n) is 8.54. The van der Waals surface area contributed by atoms with E-state index in [0.717, 1.165) is 32.0 Å². The Bertz CT molecular complexity index is 681. The van der Waals surface area contributed by atoms with Gasteiger partial charge in [0.1, 0.15) is 0 Å². The van der Waals surface area contributed by atoms with Crippen molar-refractivity contribution in [2.24, 2.45) is 4.99 Å². The van der Waals surface area contributed by atoms with Crippen molar-refractivity contribution >= 4 is 21.4 Å². The zero-order chi connectivity index (χ0) is 17.4. The number of hydrogen-bond acceptors (Lipinski definition) is 3. The molecule has 0 aliphatic carbocycles. The van der Waals surface area contributed by atoms with Gasteiger partial charge in [-0.1, -0.05) is 43.3 Å². The van der Waals surface area contributed by atoms with Gasteiger partial charge in [0.2, 0.25) is 0 Å². The van der Waals surface area contributed by atoms with Crippen molar-refractivity contribution in [3.8, 4) is 0 Å². The predicted octanol–water partition coefficient (Wildman–Crippen LogP) is 2.18. The molecule has 1 aliphatic rings. The number of nitrogens with zero attached hydrogens (tertiary/aromatic N) is 2. The summed E-state index contributed by atoms with van der Waals surface area (Å²) in [6, 6.07) is 10.4. The number of sulfone groups is 1. The van der Waals surface area contributed by atoms with E-state index in [1.54, 1.807) is 6.92 Å². The van der Waals surface area contributed by atoms with Gasteiger partial charge in [-0.05, 0) is 24.5 Å². The van der Waals surface area contributed by atoms with Gasteiger partial charge in [-0.25, -0.2) is 8.42 Å². The van der Waals surface area contributed by atoms with Crippen LogP contribution >= 0.6 is 0 Å². The van der Waals surface area contributed by atoms with Crippen molar-refractivity contribution in [1.82, 2.24) is 10.2 Å². The Morgan fingerprint density at radius 2 is 2.00 bits per heavy atom. The lowest BCUT2D eigenvalue weighted by molar-refractivity contribution is 0.440. The molecule has 1 aromatic carbocycles. The molecule has 1 N–H and O–H groups in total. The zero-order valence-corrected chi connectivity index (χ0v) is 15.3. The summed E-state index contributed by atoms with van der Waals surface area (Å²) in [5.74, 6) is 1.08. The maximum atomic E-state index is 11.6. The molecule has 0 saturated carbocycles. The molecule has 0 atom stereocenters. The Morgan fingerprint density at radius 3 is 2.58 bits per heavy atom. The lowest BCUT2D eigenvalue weighted by Crippen LogP contribution is -2.43. The Morgan fingerprint density at radius 1 is 1.25 bits per heavy atom. The van der Waals surface area contributed by atoms with Crippen LogP contribution < -0.4 is 5.32 Å². The number of rotatable bonds is 6. The molecular formula is C18H27N3O2S. The summed E-state index contributed by atoms with van der Waals surface area (Å²) in [5.41, 5.74) is 2.63.